The number of hydrogen-bond donors (Lipinski definition) is 4. The van der Waals surface area contributed by atoms with Crippen molar-refractivity contribution in [2.24, 2.45) is 0 Å². The van der Waals surface area contributed by atoms with Crippen LogP contribution in [0.5, 0.6) is 0 Å². The number of benzene rings is 2. The smallest absolute Gasteiger partial charge is 0.296 e. The number of carbonyl (C=O) groups is 2. The Morgan fingerprint density at radius 3 is 2.70 bits per heavy atom. The summed E-state index contributed by atoms with van der Waals surface area (Å²) in [5, 5.41) is 22.5. The van der Waals surface area contributed by atoms with E-state index < -0.39 is 5.91 Å². The third-order valence-electron chi connectivity index (χ3n) is 6.45. The number of carbonyl (C=O) groups excluding carboxylic acids is 2. The zero-order chi connectivity index (χ0) is 25.8. The monoisotopic (exact) mass is 500 g/mol. The number of amides is 2. The van der Waals surface area contributed by atoms with Gasteiger partial charge in [0.1, 0.15) is 0 Å². The number of rotatable bonds is 8. The Morgan fingerprint density at radius 2 is 1.95 bits per heavy atom. The fraction of sp³-hybridized carbons (Fsp3) is 0.259. The first-order valence-corrected chi connectivity index (χ1v) is 12.2. The van der Waals surface area contributed by atoms with Gasteiger partial charge in [0.2, 0.25) is 17.6 Å². The molecule has 1 aliphatic rings. The number of nitrogens with zero attached hydrogens (tertiary/aromatic N) is 3. The maximum absolute atomic E-state index is 12.8. The molecule has 5 rings (SSSR count). The summed E-state index contributed by atoms with van der Waals surface area (Å²) in [5.74, 6) is -0.439. The highest BCUT2D eigenvalue weighted by atomic mass is 16.5. The number of anilines is 2. The van der Waals surface area contributed by atoms with Gasteiger partial charge in [-0.05, 0) is 67.7 Å². The second kappa shape index (κ2) is 10.8. The molecule has 4 N–H and O–H groups in total. The summed E-state index contributed by atoms with van der Waals surface area (Å²) in [5.41, 5.74) is 3.82. The van der Waals surface area contributed by atoms with E-state index in [1.165, 1.54) is 18.3 Å². The zero-order valence-electron chi connectivity index (χ0n) is 20.2. The molecule has 0 bridgehead atoms. The van der Waals surface area contributed by atoms with Crippen LogP contribution in [0.15, 0.2) is 71.9 Å². The van der Waals surface area contributed by atoms with Crippen LogP contribution in [-0.4, -0.2) is 43.8 Å². The Kier molecular flexibility index (Phi) is 7.11. The van der Waals surface area contributed by atoms with Crippen LogP contribution in [0.2, 0.25) is 0 Å². The summed E-state index contributed by atoms with van der Waals surface area (Å²) in [6, 6.07) is 15.1. The molecular formula is C27H28N6O4. The van der Waals surface area contributed by atoms with Crippen molar-refractivity contribution in [2.45, 2.75) is 44.4 Å². The first-order valence-electron chi connectivity index (χ1n) is 12.2. The van der Waals surface area contributed by atoms with Crippen molar-refractivity contribution in [2.75, 3.05) is 10.6 Å². The SMILES string of the molecule is C=CC(=O)Nc1cccc(-n2c(NC(=O)c3ccno3)nc3cc(CNC4CCC(O)CC4)ccc32)c1. The fourth-order valence-electron chi connectivity index (χ4n) is 4.54. The Bertz CT molecular complexity index is 1420. The minimum Gasteiger partial charge on any atom is -0.393 e. The molecule has 37 heavy (non-hydrogen) atoms. The van der Waals surface area contributed by atoms with Crippen molar-refractivity contribution in [3.63, 3.8) is 0 Å². The van der Waals surface area contributed by atoms with Crippen LogP contribution in [0, 0.1) is 0 Å². The van der Waals surface area contributed by atoms with Crippen LogP contribution in [-0.2, 0) is 11.3 Å². The molecule has 2 heterocycles. The minimum absolute atomic E-state index is 0.0630. The molecule has 2 aromatic carbocycles. The lowest BCUT2D eigenvalue weighted by Crippen LogP contribution is -2.34. The van der Waals surface area contributed by atoms with E-state index >= 15 is 0 Å². The van der Waals surface area contributed by atoms with Gasteiger partial charge < -0.3 is 20.3 Å². The van der Waals surface area contributed by atoms with Crippen molar-refractivity contribution in [1.29, 1.82) is 0 Å². The molecule has 2 amide bonds. The van der Waals surface area contributed by atoms with E-state index in [9.17, 15) is 14.7 Å². The fourth-order valence-corrected chi connectivity index (χ4v) is 4.54. The molecule has 1 saturated carbocycles. The zero-order valence-corrected chi connectivity index (χ0v) is 20.2. The van der Waals surface area contributed by atoms with E-state index in [0.717, 1.165) is 36.8 Å². The van der Waals surface area contributed by atoms with Gasteiger partial charge in [-0.2, -0.15) is 0 Å². The normalized spacial score (nSPS) is 17.4. The second-order valence-electron chi connectivity index (χ2n) is 9.05. The second-order valence-corrected chi connectivity index (χ2v) is 9.05. The van der Waals surface area contributed by atoms with Gasteiger partial charge in [0, 0.05) is 24.3 Å². The molecule has 2 aromatic heterocycles. The number of aliphatic hydroxyl groups excluding tert-OH is 1. The lowest BCUT2D eigenvalue weighted by Gasteiger charge is -2.26. The largest absolute Gasteiger partial charge is 0.393 e. The molecule has 10 heteroatoms. The van der Waals surface area contributed by atoms with E-state index in [2.05, 4.69) is 27.7 Å². The Balaban J connectivity index is 1.47. The van der Waals surface area contributed by atoms with Gasteiger partial charge in [-0.15, -0.1) is 0 Å². The summed E-state index contributed by atoms with van der Waals surface area (Å²) in [4.78, 5) is 29.3. The van der Waals surface area contributed by atoms with Crippen molar-refractivity contribution in [3.05, 3.63) is 78.7 Å². The molecule has 4 aromatic rings. The Morgan fingerprint density at radius 1 is 1.11 bits per heavy atom. The summed E-state index contributed by atoms with van der Waals surface area (Å²) in [7, 11) is 0. The topological polar surface area (TPSA) is 134 Å². The van der Waals surface area contributed by atoms with Crippen molar-refractivity contribution in [1.82, 2.24) is 20.0 Å². The molecule has 0 aliphatic heterocycles. The molecule has 0 radical (unpaired) electrons. The van der Waals surface area contributed by atoms with Crippen molar-refractivity contribution in [3.8, 4) is 5.69 Å². The van der Waals surface area contributed by atoms with Crippen molar-refractivity contribution >= 4 is 34.5 Å². The average molecular weight is 501 g/mol. The number of aromatic nitrogens is 3. The summed E-state index contributed by atoms with van der Waals surface area (Å²) in [6.45, 7) is 4.17. The number of nitrogens with one attached hydrogen (secondary N) is 3. The van der Waals surface area contributed by atoms with E-state index in [4.69, 9.17) is 9.51 Å². The Labute approximate surface area is 213 Å². The summed E-state index contributed by atoms with van der Waals surface area (Å²) < 4.78 is 6.81. The summed E-state index contributed by atoms with van der Waals surface area (Å²) in [6.07, 6.45) is 5.96. The molecule has 1 fully saturated rings. The third kappa shape index (κ3) is 5.60. The number of fused-ring (bicyclic) bond motifs is 1. The highest BCUT2D eigenvalue weighted by molar-refractivity contribution is 6.02. The number of hydrogen-bond acceptors (Lipinski definition) is 7. The maximum atomic E-state index is 12.8. The molecule has 10 nitrogen and oxygen atoms in total. The predicted octanol–water partition coefficient (Wildman–Crippen LogP) is 3.78. The van der Waals surface area contributed by atoms with Crippen LogP contribution in [0.3, 0.4) is 0 Å². The van der Waals surface area contributed by atoms with Gasteiger partial charge >= 0.3 is 0 Å². The Hall–Kier alpha value is -4.28. The van der Waals surface area contributed by atoms with Crippen LogP contribution < -0.4 is 16.0 Å². The first kappa shape index (κ1) is 24.4. The van der Waals surface area contributed by atoms with E-state index in [-0.39, 0.29) is 17.8 Å². The molecule has 1 aliphatic carbocycles. The highest BCUT2D eigenvalue weighted by Gasteiger charge is 2.20. The van der Waals surface area contributed by atoms with Gasteiger partial charge in [-0.1, -0.05) is 23.9 Å². The lowest BCUT2D eigenvalue weighted by molar-refractivity contribution is -0.111. The first-order chi connectivity index (χ1) is 18.0. The minimum atomic E-state index is -0.480. The third-order valence-corrected chi connectivity index (χ3v) is 6.45. The van der Waals surface area contributed by atoms with Crippen LogP contribution in [0.4, 0.5) is 11.6 Å². The van der Waals surface area contributed by atoms with Gasteiger partial charge in [-0.25, -0.2) is 4.98 Å². The molecule has 0 spiro atoms. The molecule has 190 valence electrons. The summed E-state index contributed by atoms with van der Waals surface area (Å²) >= 11 is 0. The van der Waals surface area contributed by atoms with Crippen LogP contribution in [0.25, 0.3) is 16.7 Å². The van der Waals surface area contributed by atoms with E-state index in [0.29, 0.717) is 35.4 Å². The van der Waals surface area contributed by atoms with Crippen LogP contribution >= 0.6 is 0 Å². The highest BCUT2D eigenvalue weighted by Crippen LogP contribution is 2.28. The molecule has 0 unspecified atom stereocenters. The maximum Gasteiger partial charge on any atom is 0.296 e. The molecule has 0 saturated heterocycles. The average Bonchev–Trinajstić information content (AvgIpc) is 3.56. The predicted molar refractivity (Wildman–Crippen MR) is 139 cm³/mol. The van der Waals surface area contributed by atoms with Crippen LogP contribution in [0.1, 0.15) is 41.8 Å². The lowest BCUT2D eigenvalue weighted by atomic mass is 9.93. The van der Waals surface area contributed by atoms with E-state index in [1.807, 2.05) is 28.8 Å². The molecule has 0 atom stereocenters. The number of imidazole rings is 1. The quantitative estimate of drug-likeness (QED) is 0.271. The van der Waals surface area contributed by atoms with Gasteiger partial charge in [0.25, 0.3) is 5.91 Å². The standard InChI is InChI=1S/C27H28N6O4/c1-2-25(35)30-19-4-3-5-20(15-19)33-23-11-6-17(16-28-18-7-9-21(34)10-8-18)14-22(23)31-27(33)32-26(36)24-12-13-29-37-24/h2-6,11-15,18,21,28,34H,1,7-10,16H2,(H,30,35)(H,31,32,36). The van der Waals surface area contributed by atoms with Crippen molar-refractivity contribution < 1.29 is 19.2 Å². The van der Waals surface area contributed by atoms with Gasteiger partial charge in [-0.3, -0.25) is 19.5 Å². The van der Waals surface area contributed by atoms with E-state index in [1.54, 1.807) is 18.2 Å². The number of aliphatic hydroxyl groups is 1. The van der Waals surface area contributed by atoms with Gasteiger partial charge in [0.05, 0.1) is 29.0 Å². The molecular weight excluding hydrogens is 472 g/mol. The van der Waals surface area contributed by atoms with Gasteiger partial charge in [0.15, 0.2) is 0 Å².